The third-order valence-electron chi connectivity index (χ3n) is 2.59. The molecule has 19 heavy (non-hydrogen) atoms. The summed E-state index contributed by atoms with van der Waals surface area (Å²) in [6, 6.07) is 4.72. The van der Waals surface area contributed by atoms with Crippen molar-refractivity contribution < 1.29 is 9.13 Å². The summed E-state index contributed by atoms with van der Waals surface area (Å²) in [5.41, 5.74) is 1.46. The number of rotatable bonds is 6. The maximum absolute atomic E-state index is 13.7. The summed E-state index contributed by atoms with van der Waals surface area (Å²) in [6.45, 7) is 2.25. The maximum Gasteiger partial charge on any atom is 0.167 e. The quantitative estimate of drug-likeness (QED) is 0.765. The van der Waals surface area contributed by atoms with Gasteiger partial charge in [0.2, 0.25) is 0 Å². The highest BCUT2D eigenvalue weighted by molar-refractivity contribution is 6.17. The van der Waals surface area contributed by atoms with Gasteiger partial charge in [-0.15, -0.1) is 16.7 Å². The summed E-state index contributed by atoms with van der Waals surface area (Å²) in [6.07, 6.45) is 3.39. The van der Waals surface area contributed by atoms with Crippen LogP contribution in [0.2, 0.25) is 0 Å². The zero-order valence-corrected chi connectivity index (χ0v) is 11.4. The Bertz CT molecular complexity index is 544. The Hall–Kier alpha value is -1.62. The fourth-order valence-electron chi connectivity index (χ4n) is 1.69. The number of alkyl halides is 1. The highest BCUT2D eigenvalue weighted by Gasteiger charge is 2.07. The molecular formula is C13H15ClFN3O. The molecule has 0 saturated heterocycles. The van der Waals surface area contributed by atoms with Crippen LogP contribution in [0.15, 0.2) is 24.4 Å². The number of halogens is 2. The van der Waals surface area contributed by atoms with Crippen molar-refractivity contribution in [3.63, 3.8) is 0 Å². The van der Waals surface area contributed by atoms with E-state index in [9.17, 15) is 4.39 Å². The number of hydrogen-bond acceptors (Lipinski definition) is 3. The fourth-order valence-corrected chi connectivity index (χ4v) is 1.83. The monoisotopic (exact) mass is 283 g/mol. The van der Waals surface area contributed by atoms with E-state index in [-0.39, 0.29) is 5.75 Å². The minimum atomic E-state index is -0.405. The van der Waals surface area contributed by atoms with Gasteiger partial charge < -0.3 is 4.74 Å². The Morgan fingerprint density at radius 1 is 1.42 bits per heavy atom. The molecule has 0 unspecified atom stereocenters. The van der Waals surface area contributed by atoms with Crippen LogP contribution in [0.4, 0.5) is 4.39 Å². The van der Waals surface area contributed by atoms with Crippen LogP contribution in [0, 0.1) is 5.82 Å². The van der Waals surface area contributed by atoms with Crippen LogP contribution >= 0.6 is 11.6 Å². The maximum atomic E-state index is 13.7. The molecule has 0 bridgehead atoms. The van der Waals surface area contributed by atoms with E-state index in [1.165, 1.54) is 6.07 Å². The van der Waals surface area contributed by atoms with E-state index >= 15 is 0 Å². The van der Waals surface area contributed by atoms with Gasteiger partial charge in [-0.3, -0.25) is 0 Å². The van der Waals surface area contributed by atoms with Crippen LogP contribution in [0.1, 0.15) is 19.0 Å². The average Bonchev–Trinajstić information content (AvgIpc) is 2.88. The second-order valence-electron chi connectivity index (χ2n) is 3.99. The number of nitrogens with zero attached hydrogens (tertiary/aromatic N) is 3. The molecule has 0 amide bonds. The summed E-state index contributed by atoms with van der Waals surface area (Å²) in [4.78, 5) is 0. The van der Waals surface area contributed by atoms with Gasteiger partial charge in [0.05, 0.1) is 24.2 Å². The number of benzene rings is 1. The molecule has 0 aliphatic rings. The smallest absolute Gasteiger partial charge is 0.167 e. The molecule has 0 N–H and O–H groups in total. The molecule has 0 radical (unpaired) electrons. The van der Waals surface area contributed by atoms with E-state index < -0.39 is 5.82 Å². The lowest BCUT2D eigenvalue weighted by atomic mass is 10.2. The van der Waals surface area contributed by atoms with E-state index in [1.807, 2.05) is 6.92 Å². The van der Waals surface area contributed by atoms with Gasteiger partial charge in [-0.25, -0.2) is 9.07 Å². The molecular weight excluding hydrogens is 269 g/mol. The Kier molecular flexibility index (Phi) is 4.74. The summed E-state index contributed by atoms with van der Waals surface area (Å²) in [7, 11) is 0. The molecule has 1 heterocycles. The standard InChI is InChI=1S/C13H15ClFN3O/c1-2-19-13-6-5-11(8-12(13)15)18-9-10(16-17-18)4-3-7-14/h5-6,8-9H,2-4,7H2,1H3. The molecule has 0 aliphatic carbocycles. The van der Waals surface area contributed by atoms with Crippen LogP contribution in [0.5, 0.6) is 5.75 Å². The molecule has 6 heteroatoms. The Labute approximate surface area is 116 Å². The van der Waals surface area contributed by atoms with E-state index in [4.69, 9.17) is 16.3 Å². The molecule has 2 aromatic rings. The Balaban J connectivity index is 2.17. The first-order valence-electron chi connectivity index (χ1n) is 6.14. The van der Waals surface area contributed by atoms with Gasteiger partial charge in [0, 0.05) is 11.9 Å². The SMILES string of the molecule is CCOc1ccc(-n2cc(CCCCl)nn2)cc1F. The highest BCUT2D eigenvalue weighted by Crippen LogP contribution is 2.20. The normalized spacial score (nSPS) is 10.7. The van der Waals surface area contributed by atoms with E-state index in [0.29, 0.717) is 18.2 Å². The predicted octanol–water partition coefficient (Wildman–Crippen LogP) is 2.98. The number of hydrogen-bond donors (Lipinski definition) is 0. The molecule has 0 aliphatic heterocycles. The van der Waals surface area contributed by atoms with Crippen LogP contribution in [-0.2, 0) is 6.42 Å². The van der Waals surface area contributed by atoms with Gasteiger partial charge in [0.15, 0.2) is 11.6 Å². The second-order valence-corrected chi connectivity index (χ2v) is 4.37. The molecule has 0 fully saturated rings. The molecule has 0 spiro atoms. The van der Waals surface area contributed by atoms with Crippen molar-refractivity contribution >= 4 is 11.6 Å². The van der Waals surface area contributed by atoms with Crippen molar-refractivity contribution in [2.24, 2.45) is 0 Å². The van der Waals surface area contributed by atoms with Gasteiger partial charge in [-0.1, -0.05) is 5.21 Å². The largest absolute Gasteiger partial charge is 0.491 e. The topological polar surface area (TPSA) is 39.9 Å². The summed E-state index contributed by atoms with van der Waals surface area (Å²) >= 11 is 5.62. The molecule has 4 nitrogen and oxygen atoms in total. The van der Waals surface area contributed by atoms with E-state index in [1.54, 1.807) is 23.0 Å². The first-order valence-corrected chi connectivity index (χ1v) is 6.68. The second kappa shape index (κ2) is 6.52. The molecule has 0 saturated carbocycles. The zero-order chi connectivity index (χ0) is 13.7. The van der Waals surface area contributed by atoms with Gasteiger partial charge in [0.1, 0.15) is 0 Å². The molecule has 0 atom stereocenters. The third-order valence-corrected chi connectivity index (χ3v) is 2.85. The van der Waals surface area contributed by atoms with Crippen LogP contribution < -0.4 is 4.74 Å². The van der Waals surface area contributed by atoms with Crippen molar-refractivity contribution in [1.29, 1.82) is 0 Å². The van der Waals surface area contributed by atoms with E-state index in [0.717, 1.165) is 18.5 Å². The van der Waals surface area contributed by atoms with Crippen molar-refractivity contribution in [3.8, 4) is 11.4 Å². The first-order chi connectivity index (χ1) is 9.24. The molecule has 1 aromatic heterocycles. The van der Waals surface area contributed by atoms with Crippen LogP contribution in [0.25, 0.3) is 5.69 Å². The van der Waals surface area contributed by atoms with Crippen molar-refractivity contribution in [1.82, 2.24) is 15.0 Å². The number of aryl methyl sites for hydroxylation is 1. The van der Waals surface area contributed by atoms with Crippen LogP contribution in [0.3, 0.4) is 0 Å². The fraction of sp³-hybridized carbons (Fsp3) is 0.385. The zero-order valence-electron chi connectivity index (χ0n) is 10.6. The first kappa shape index (κ1) is 13.8. The molecule has 102 valence electrons. The van der Waals surface area contributed by atoms with Crippen molar-refractivity contribution in [2.45, 2.75) is 19.8 Å². The summed E-state index contributed by atoms with van der Waals surface area (Å²) < 4.78 is 20.4. The Morgan fingerprint density at radius 3 is 2.95 bits per heavy atom. The Morgan fingerprint density at radius 2 is 2.26 bits per heavy atom. The predicted molar refractivity (Wildman–Crippen MR) is 71.5 cm³/mol. The summed E-state index contributed by atoms with van der Waals surface area (Å²) in [5, 5.41) is 7.99. The average molecular weight is 284 g/mol. The lowest BCUT2D eigenvalue weighted by Gasteiger charge is -2.06. The van der Waals surface area contributed by atoms with Crippen molar-refractivity contribution in [2.75, 3.05) is 12.5 Å². The number of ether oxygens (including phenoxy) is 1. The van der Waals surface area contributed by atoms with Gasteiger partial charge in [0.25, 0.3) is 0 Å². The minimum absolute atomic E-state index is 0.244. The highest BCUT2D eigenvalue weighted by atomic mass is 35.5. The number of aromatic nitrogens is 3. The van der Waals surface area contributed by atoms with Crippen LogP contribution in [-0.4, -0.2) is 27.5 Å². The minimum Gasteiger partial charge on any atom is -0.491 e. The summed E-state index contributed by atoms with van der Waals surface area (Å²) in [5.74, 6) is 0.427. The molecule has 2 rings (SSSR count). The molecule has 1 aromatic carbocycles. The van der Waals surface area contributed by atoms with Gasteiger partial charge in [-0.05, 0) is 31.9 Å². The third kappa shape index (κ3) is 3.44. The lowest BCUT2D eigenvalue weighted by molar-refractivity contribution is 0.321. The van der Waals surface area contributed by atoms with Gasteiger partial charge >= 0.3 is 0 Å². The lowest BCUT2D eigenvalue weighted by Crippen LogP contribution is -1.99. The van der Waals surface area contributed by atoms with Gasteiger partial charge in [-0.2, -0.15) is 0 Å². The van der Waals surface area contributed by atoms with E-state index in [2.05, 4.69) is 10.3 Å². The van der Waals surface area contributed by atoms with Crippen molar-refractivity contribution in [3.05, 3.63) is 35.9 Å².